The van der Waals surface area contributed by atoms with Gasteiger partial charge in [-0.3, -0.25) is 4.79 Å². The summed E-state index contributed by atoms with van der Waals surface area (Å²) < 4.78 is 27.5. The molecule has 134 valence electrons. The molecule has 1 aromatic carbocycles. The van der Waals surface area contributed by atoms with E-state index in [-0.39, 0.29) is 24.8 Å². The molecule has 0 N–H and O–H groups in total. The smallest absolute Gasteiger partial charge is 0.302 e. The van der Waals surface area contributed by atoms with Gasteiger partial charge in [-0.05, 0) is 38.0 Å². The van der Waals surface area contributed by atoms with Crippen LogP contribution in [0.25, 0.3) is 0 Å². The maximum absolute atomic E-state index is 11.0. The molecule has 6 heteroatoms. The number of hydrogen-bond donors (Lipinski definition) is 0. The lowest BCUT2D eigenvalue weighted by Gasteiger charge is -2.16. The highest BCUT2D eigenvalue weighted by molar-refractivity contribution is 5.65. The average molecular weight is 338 g/mol. The van der Waals surface area contributed by atoms with Crippen LogP contribution in [-0.2, 0) is 30.3 Å². The van der Waals surface area contributed by atoms with Crippen molar-refractivity contribution in [1.29, 1.82) is 0 Å². The molecule has 6 nitrogen and oxygen atoms in total. The quantitative estimate of drug-likeness (QED) is 0.536. The van der Waals surface area contributed by atoms with Gasteiger partial charge in [0.05, 0.1) is 19.8 Å². The number of esters is 1. The minimum atomic E-state index is -0.675. The highest BCUT2D eigenvalue weighted by atomic mass is 16.8. The standard InChI is InChI=1S/C18H26O6/c1-13(19)22-12-17-16(23-18(2,3)24-17)9-10-21-11-14-5-7-15(20-4)8-6-14/h5-8,16-17H,9-12H2,1-4H3/t16-,17+/m0/s1. The number of ether oxygens (including phenoxy) is 5. The van der Waals surface area contributed by atoms with E-state index in [1.54, 1.807) is 7.11 Å². The minimum absolute atomic E-state index is 0.157. The Bertz CT molecular complexity index is 525. The van der Waals surface area contributed by atoms with Crippen molar-refractivity contribution in [1.82, 2.24) is 0 Å². The zero-order valence-electron chi connectivity index (χ0n) is 14.7. The van der Waals surface area contributed by atoms with E-state index in [1.165, 1.54) is 6.92 Å². The monoisotopic (exact) mass is 338 g/mol. The third-order valence-electron chi connectivity index (χ3n) is 3.71. The van der Waals surface area contributed by atoms with Crippen LogP contribution in [0.4, 0.5) is 0 Å². The van der Waals surface area contributed by atoms with Gasteiger partial charge in [0.25, 0.3) is 0 Å². The van der Waals surface area contributed by atoms with Gasteiger partial charge in [0.15, 0.2) is 5.79 Å². The van der Waals surface area contributed by atoms with Gasteiger partial charge in [0, 0.05) is 13.5 Å². The fraction of sp³-hybridized carbons (Fsp3) is 0.611. The summed E-state index contributed by atoms with van der Waals surface area (Å²) in [5.74, 6) is -0.172. The molecule has 0 amide bonds. The average Bonchev–Trinajstić information content (AvgIpc) is 2.84. The summed E-state index contributed by atoms with van der Waals surface area (Å²) in [5.41, 5.74) is 1.08. The number of methoxy groups -OCH3 is 1. The topological polar surface area (TPSA) is 63.2 Å². The van der Waals surface area contributed by atoms with E-state index in [4.69, 9.17) is 23.7 Å². The molecular weight excluding hydrogens is 312 g/mol. The Morgan fingerprint density at radius 3 is 2.46 bits per heavy atom. The van der Waals surface area contributed by atoms with Gasteiger partial charge in [0.2, 0.25) is 0 Å². The van der Waals surface area contributed by atoms with E-state index in [2.05, 4.69) is 0 Å². The van der Waals surface area contributed by atoms with E-state index < -0.39 is 5.79 Å². The summed E-state index contributed by atoms with van der Waals surface area (Å²) in [6.45, 7) is 6.34. The third kappa shape index (κ3) is 5.78. The van der Waals surface area contributed by atoms with Crippen LogP contribution in [-0.4, -0.2) is 44.3 Å². The van der Waals surface area contributed by atoms with Gasteiger partial charge in [-0.2, -0.15) is 0 Å². The Kier molecular flexibility index (Phi) is 6.60. The van der Waals surface area contributed by atoms with E-state index in [0.717, 1.165) is 11.3 Å². The normalized spacial score (nSPS) is 22.3. The van der Waals surface area contributed by atoms with Crippen molar-refractivity contribution in [2.24, 2.45) is 0 Å². The summed E-state index contributed by atoms with van der Waals surface area (Å²) in [6.07, 6.45) is 0.245. The van der Waals surface area contributed by atoms with Crippen LogP contribution >= 0.6 is 0 Å². The molecule has 0 saturated carbocycles. The lowest BCUT2D eigenvalue weighted by atomic mass is 10.1. The van der Waals surface area contributed by atoms with E-state index in [9.17, 15) is 4.79 Å². The van der Waals surface area contributed by atoms with Crippen molar-refractivity contribution >= 4 is 5.97 Å². The van der Waals surface area contributed by atoms with Gasteiger partial charge in [-0.15, -0.1) is 0 Å². The summed E-state index contributed by atoms with van der Waals surface area (Å²) in [7, 11) is 1.64. The van der Waals surface area contributed by atoms with E-state index in [1.807, 2.05) is 38.1 Å². The molecule has 0 aromatic heterocycles. The second-order valence-electron chi connectivity index (χ2n) is 6.20. The Morgan fingerprint density at radius 2 is 1.83 bits per heavy atom. The summed E-state index contributed by atoms with van der Waals surface area (Å²) in [6, 6.07) is 7.76. The van der Waals surface area contributed by atoms with Crippen LogP contribution in [0, 0.1) is 0 Å². The molecule has 2 atom stereocenters. The highest BCUT2D eigenvalue weighted by Gasteiger charge is 2.41. The first-order valence-electron chi connectivity index (χ1n) is 8.09. The van der Waals surface area contributed by atoms with Crippen LogP contribution in [0.5, 0.6) is 5.75 Å². The molecule has 0 unspecified atom stereocenters. The van der Waals surface area contributed by atoms with Gasteiger partial charge in [0.1, 0.15) is 18.5 Å². The fourth-order valence-corrected chi connectivity index (χ4v) is 2.61. The number of benzene rings is 1. The minimum Gasteiger partial charge on any atom is -0.497 e. The van der Waals surface area contributed by atoms with E-state index in [0.29, 0.717) is 19.6 Å². The SMILES string of the molecule is COc1ccc(COCC[C@@H]2OC(C)(C)O[C@@H]2COC(C)=O)cc1. The second-order valence-corrected chi connectivity index (χ2v) is 6.20. The first-order valence-corrected chi connectivity index (χ1v) is 8.09. The molecule has 1 saturated heterocycles. The lowest BCUT2D eigenvalue weighted by molar-refractivity contribution is -0.159. The Morgan fingerprint density at radius 1 is 1.17 bits per heavy atom. The largest absolute Gasteiger partial charge is 0.497 e. The summed E-state index contributed by atoms with van der Waals surface area (Å²) in [5, 5.41) is 0. The summed E-state index contributed by atoms with van der Waals surface area (Å²) in [4.78, 5) is 11.0. The predicted octanol–water partition coefficient (Wildman–Crippen LogP) is 2.69. The number of rotatable bonds is 8. The number of carbonyl (C=O) groups excluding carboxylic acids is 1. The predicted molar refractivity (Wildman–Crippen MR) is 87.7 cm³/mol. The first-order chi connectivity index (χ1) is 11.4. The zero-order chi connectivity index (χ0) is 17.6. The van der Waals surface area contributed by atoms with Crippen LogP contribution in [0.15, 0.2) is 24.3 Å². The molecule has 1 aliphatic heterocycles. The van der Waals surface area contributed by atoms with Gasteiger partial charge >= 0.3 is 5.97 Å². The van der Waals surface area contributed by atoms with Gasteiger partial charge < -0.3 is 23.7 Å². The van der Waals surface area contributed by atoms with Crippen LogP contribution < -0.4 is 4.74 Å². The van der Waals surface area contributed by atoms with Crippen molar-refractivity contribution in [2.75, 3.05) is 20.3 Å². The van der Waals surface area contributed by atoms with Crippen LogP contribution in [0.3, 0.4) is 0 Å². The molecule has 0 bridgehead atoms. The van der Waals surface area contributed by atoms with Gasteiger partial charge in [-0.25, -0.2) is 0 Å². The Labute approximate surface area is 143 Å². The lowest BCUT2D eigenvalue weighted by Crippen LogP contribution is -2.29. The second kappa shape index (κ2) is 8.46. The molecule has 24 heavy (non-hydrogen) atoms. The van der Waals surface area contributed by atoms with Crippen LogP contribution in [0.2, 0.25) is 0 Å². The molecule has 1 fully saturated rings. The highest BCUT2D eigenvalue weighted by Crippen LogP contribution is 2.30. The number of carbonyl (C=O) groups is 1. The molecule has 1 aliphatic rings. The number of hydrogen-bond acceptors (Lipinski definition) is 6. The van der Waals surface area contributed by atoms with Crippen molar-refractivity contribution in [3.8, 4) is 5.75 Å². The molecule has 0 aliphatic carbocycles. The molecule has 1 heterocycles. The first kappa shape index (κ1) is 18.7. The molecule has 0 spiro atoms. The Hall–Kier alpha value is -1.63. The summed E-state index contributed by atoms with van der Waals surface area (Å²) >= 11 is 0. The van der Waals surface area contributed by atoms with Crippen molar-refractivity contribution in [3.05, 3.63) is 29.8 Å². The molecule has 0 radical (unpaired) electrons. The molecule has 1 aromatic rings. The van der Waals surface area contributed by atoms with Crippen molar-refractivity contribution in [2.45, 2.75) is 51.8 Å². The molecular formula is C18H26O6. The third-order valence-corrected chi connectivity index (χ3v) is 3.71. The maximum Gasteiger partial charge on any atom is 0.302 e. The van der Waals surface area contributed by atoms with Crippen LogP contribution in [0.1, 0.15) is 32.8 Å². The van der Waals surface area contributed by atoms with Gasteiger partial charge in [-0.1, -0.05) is 12.1 Å². The Balaban J connectivity index is 1.75. The maximum atomic E-state index is 11.0. The van der Waals surface area contributed by atoms with Crippen molar-refractivity contribution in [3.63, 3.8) is 0 Å². The molecule has 2 rings (SSSR count). The van der Waals surface area contributed by atoms with Crippen molar-refractivity contribution < 1.29 is 28.5 Å². The van der Waals surface area contributed by atoms with E-state index >= 15 is 0 Å². The fourth-order valence-electron chi connectivity index (χ4n) is 2.61. The zero-order valence-corrected chi connectivity index (χ0v) is 14.7.